The van der Waals surface area contributed by atoms with Gasteiger partial charge in [0.15, 0.2) is 0 Å². The maximum atomic E-state index is 5.39. The van der Waals surface area contributed by atoms with Gasteiger partial charge in [0.05, 0.1) is 11.4 Å². The average molecular weight is 126 g/mol. The maximum Gasteiger partial charge on any atom is 0.0547 e. The average Bonchev–Trinajstić information content (AvgIpc) is 1.77. The first kappa shape index (κ1) is 7.78. The molecule has 1 aromatic carbocycles. The van der Waals surface area contributed by atoms with Crippen LogP contribution in [-0.2, 0) is 0 Å². The Bertz CT molecular complexity index is 167. The van der Waals surface area contributed by atoms with Gasteiger partial charge in [-0.25, -0.2) is 0 Å². The SMILES string of the molecule is Nc1ccccc1N.O. The highest BCUT2D eigenvalue weighted by Gasteiger charge is 1.85. The van der Waals surface area contributed by atoms with Crippen molar-refractivity contribution in [2.24, 2.45) is 0 Å². The Labute approximate surface area is 53.6 Å². The number of anilines is 2. The fourth-order valence-electron chi connectivity index (χ4n) is 0.511. The Morgan fingerprint density at radius 2 is 1.22 bits per heavy atom. The number of nitrogen functional groups attached to an aromatic ring is 2. The van der Waals surface area contributed by atoms with E-state index in [1.54, 1.807) is 12.1 Å². The van der Waals surface area contributed by atoms with Crippen molar-refractivity contribution < 1.29 is 5.48 Å². The third kappa shape index (κ3) is 1.62. The molecule has 6 N–H and O–H groups in total. The van der Waals surface area contributed by atoms with Crippen molar-refractivity contribution in [1.29, 1.82) is 0 Å². The monoisotopic (exact) mass is 126 g/mol. The van der Waals surface area contributed by atoms with Crippen LogP contribution in [0.15, 0.2) is 24.3 Å². The van der Waals surface area contributed by atoms with E-state index in [0.29, 0.717) is 11.4 Å². The zero-order chi connectivity index (χ0) is 5.98. The van der Waals surface area contributed by atoms with Gasteiger partial charge in [0.1, 0.15) is 0 Å². The van der Waals surface area contributed by atoms with Crippen LogP contribution in [-0.4, -0.2) is 5.48 Å². The zero-order valence-corrected chi connectivity index (χ0v) is 4.96. The molecule has 0 aliphatic carbocycles. The lowest BCUT2D eigenvalue weighted by atomic mass is 10.3. The van der Waals surface area contributed by atoms with Crippen molar-refractivity contribution in [3.63, 3.8) is 0 Å². The number of nitrogens with two attached hydrogens (primary N) is 2. The third-order valence-electron chi connectivity index (χ3n) is 0.996. The second-order valence-electron chi connectivity index (χ2n) is 1.63. The first-order valence-electron chi connectivity index (χ1n) is 2.40. The van der Waals surface area contributed by atoms with Crippen LogP contribution in [0.25, 0.3) is 0 Å². The van der Waals surface area contributed by atoms with Crippen LogP contribution in [0.4, 0.5) is 11.4 Å². The fraction of sp³-hybridized carbons (Fsp3) is 0. The molecule has 1 aromatic rings. The van der Waals surface area contributed by atoms with Gasteiger partial charge < -0.3 is 16.9 Å². The van der Waals surface area contributed by atoms with Gasteiger partial charge in [-0.3, -0.25) is 0 Å². The Kier molecular flexibility index (Phi) is 2.54. The minimum atomic E-state index is 0. The van der Waals surface area contributed by atoms with Crippen molar-refractivity contribution in [3.8, 4) is 0 Å². The highest BCUT2D eigenvalue weighted by Crippen LogP contribution is 2.10. The van der Waals surface area contributed by atoms with Gasteiger partial charge in [-0.15, -0.1) is 0 Å². The van der Waals surface area contributed by atoms with E-state index in [4.69, 9.17) is 11.5 Å². The number of hydrogen-bond donors (Lipinski definition) is 2. The summed E-state index contributed by atoms with van der Waals surface area (Å²) in [5, 5.41) is 0. The molecule has 3 nitrogen and oxygen atoms in total. The second-order valence-corrected chi connectivity index (χ2v) is 1.63. The van der Waals surface area contributed by atoms with E-state index in [1.807, 2.05) is 12.1 Å². The Balaban J connectivity index is 0.000000640. The number of para-hydroxylation sites is 2. The fourth-order valence-corrected chi connectivity index (χ4v) is 0.511. The maximum absolute atomic E-state index is 5.39. The zero-order valence-electron chi connectivity index (χ0n) is 4.96. The summed E-state index contributed by atoms with van der Waals surface area (Å²) >= 11 is 0. The van der Waals surface area contributed by atoms with E-state index in [0.717, 1.165) is 0 Å². The van der Waals surface area contributed by atoms with E-state index >= 15 is 0 Å². The standard InChI is InChI=1S/C6H8N2.H2O/c7-5-3-1-2-4-6(5)8;/h1-4H,7-8H2;1H2. The Hall–Kier alpha value is -1.22. The molecule has 1 rings (SSSR count). The summed E-state index contributed by atoms with van der Waals surface area (Å²) in [4.78, 5) is 0. The quantitative estimate of drug-likeness (QED) is 0.480. The minimum Gasteiger partial charge on any atom is -0.412 e. The first-order valence-corrected chi connectivity index (χ1v) is 2.40. The highest BCUT2D eigenvalue weighted by molar-refractivity contribution is 5.62. The van der Waals surface area contributed by atoms with E-state index in [-0.39, 0.29) is 5.48 Å². The van der Waals surface area contributed by atoms with Crippen molar-refractivity contribution in [3.05, 3.63) is 24.3 Å². The van der Waals surface area contributed by atoms with Crippen LogP contribution in [0.1, 0.15) is 0 Å². The van der Waals surface area contributed by atoms with E-state index in [2.05, 4.69) is 0 Å². The van der Waals surface area contributed by atoms with Crippen LogP contribution in [0.3, 0.4) is 0 Å². The molecule has 0 aliphatic rings. The molecule has 9 heavy (non-hydrogen) atoms. The van der Waals surface area contributed by atoms with Crippen molar-refractivity contribution in [2.75, 3.05) is 11.5 Å². The summed E-state index contributed by atoms with van der Waals surface area (Å²) < 4.78 is 0. The van der Waals surface area contributed by atoms with Gasteiger partial charge in [0.25, 0.3) is 0 Å². The molecule has 50 valence electrons. The lowest BCUT2D eigenvalue weighted by Crippen LogP contribution is -1.91. The van der Waals surface area contributed by atoms with Crippen LogP contribution in [0.5, 0.6) is 0 Å². The molecule has 0 unspecified atom stereocenters. The molecular weight excluding hydrogens is 116 g/mol. The number of rotatable bonds is 0. The molecule has 0 heterocycles. The molecule has 0 saturated heterocycles. The lowest BCUT2D eigenvalue weighted by Gasteiger charge is -1.94. The van der Waals surface area contributed by atoms with Gasteiger partial charge >= 0.3 is 0 Å². The smallest absolute Gasteiger partial charge is 0.0547 e. The van der Waals surface area contributed by atoms with Gasteiger partial charge in [-0.2, -0.15) is 0 Å². The topological polar surface area (TPSA) is 83.5 Å². The molecule has 0 amide bonds. The van der Waals surface area contributed by atoms with Crippen molar-refractivity contribution in [2.45, 2.75) is 0 Å². The molecule has 0 aromatic heterocycles. The molecule has 0 bridgehead atoms. The molecular formula is C6H10N2O. The summed E-state index contributed by atoms with van der Waals surface area (Å²) in [6.45, 7) is 0. The molecule has 0 radical (unpaired) electrons. The largest absolute Gasteiger partial charge is 0.412 e. The summed E-state index contributed by atoms with van der Waals surface area (Å²) in [5.74, 6) is 0. The van der Waals surface area contributed by atoms with Crippen LogP contribution >= 0.6 is 0 Å². The second kappa shape index (κ2) is 2.94. The highest BCUT2D eigenvalue weighted by atomic mass is 16.0. The van der Waals surface area contributed by atoms with E-state index in [1.165, 1.54) is 0 Å². The first-order chi connectivity index (χ1) is 3.80. The van der Waals surface area contributed by atoms with Crippen molar-refractivity contribution in [1.82, 2.24) is 0 Å². The third-order valence-corrected chi connectivity index (χ3v) is 0.996. The predicted molar refractivity (Wildman–Crippen MR) is 38.9 cm³/mol. The normalized spacial score (nSPS) is 8.00. The summed E-state index contributed by atoms with van der Waals surface area (Å²) in [6, 6.07) is 7.25. The molecule has 0 aliphatic heterocycles. The summed E-state index contributed by atoms with van der Waals surface area (Å²) in [6.07, 6.45) is 0. The molecule has 3 heteroatoms. The predicted octanol–water partition coefficient (Wildman–Crippen LogP) is 0.0263. The Morgan fingerprint density at radius 3 is 1.44 bits per heavy atom. The summed E-state index contributed by atoms with van der Waals surface area (Å²) in [7, 11) is 0. The van der Waals surface area contributed by atoms with E-state index < -0.39 is 0 Å². The van der Waals surface area contributed by atoms with Gasteiger partial charge in [-0.05, 0) is 12.1 Å². The van der Waals surface area contributed by atoms with Gasteiger partial charge in [0.2, 0.25) is 0 Å². The Morgan fingerprint density at radius 1 is 0.889 bits per heavy atom. The van der Waals surface area contributed by atoms with Gasteiger partial charge in [0, 0.05) is 0 Å². The van der Waals surface area contributed by atoms with Crippen LogP contribution in [0.2, 0.25) is 0 Å². The molecule has 0 fully saturated rings. The van der Waals surface area contributed by atoms with Gasteiger partial charge in [-0.1, -0.05) is 12.1 Å². The number of hydrogen-bond acceptors (Lipinski definition) is 2. The van der Waals surface area contributed by atoms with Crippen LogP contribution in [0, 0.1) is 0 Å². The molecule has 0 spiro atoms. The summed E-state index contributed by atoms with van der Waals surface area (Å²) in [5.41, 5.74) is 12.1. The minimum absolute atomic E-state index is 0. The molecule has 0 saturated carbocycles. The van der Waals surface area contributed by atoms with Crippen LogP contribution < -0.4 is 11.5 Å². The number of benzene rings is 1. The van der Waals surface area contributed by atoms with Crippen molar-refractivity contribution >= 4 is 11.4 Å². The molecule has 0 atom stereocenters. The lowest BCUT2D eigenvalue weighted by molar-refractivity contribution is 0.824. The van der Waals surface area contributed by atoms with E-state index in [9.17, 15) is 0 Å².